The van der Waals surface area contributed by atoms with Crippen LogP contribution in [0.1, 0.15) is 43.0 Å². The van der Waals surface area contributed by atoms with Crippen LogP contribution in [0.2, 0.25) is 0 Å². The highest BCUT2D eigenvalue weighted by atomic mass is 16.5. The molecule has 2 saturated heterocycles. The van der Waals surface area contributed by atoms with E-state index >= 15 is 0 Å². The molecule has 1 aliphatic carbocycles. The van der Waals surface area contributed by atoms with Crippen molar-refractivity contribution in [3.8, 4) is 0 Å². The Morgan fingerprint density at radius 2 is 2.00 bits per heavy atom. The molecule has 23 heavy (non-hydrogen) atoms. The molecule has 0 spiro atoms. The third-order valence-corrected chi connectivity index (χ3v) is 5.65. The number of anilines is 1. The standard InChI is InChI=1S/C17H22N4O2/c22-16(11-1-2-11)21-12-3-4-15(21)13-10-18-17(19-14(13)9-12)20-5-7-23-8-6-20/h10-12,15H,1-9H2/t12-,15+/m1/s1. The maximum absolute atomic E-state index is 12.6. The number of ether oxygens (including phenoxy) is 1. The van der Waals surface area contributed by atoms with Crippen LogP contribution in [0.5, 0.6) is 0 Å². The molecule has 6 heteroatoms. The molecule has 1 amide bonds. The highest BCUT2D eigenvalue weighted by Crippen LogP contribution is 2.46. The summed E-state index contributed by atoms with van der Waals surface area (Å²) in [6, 6.07) is 0.573. The molecule has 0 N–H and O–H groups in total. The number of hydrogen-bond donors (Lipinski definition) is 0. The fraction of sp³-hybridized carbons (Fsp3) is 0.706. The summed E-state index contributed by atoms with van der Waals surface area (Å²) in [5, 5.41) is 0. The topological polar surface area (TPSA) is 58.6 Å². The molecule has 3 aliphatic heterocycles. The van der Waals surface area contributed by atoms with Crippen LogP contribution in [0.4, 0.5) is 5.95 Å². The number of rotatable bonds is 2. The van der Waals surface area contributed by atoms with Crippen LogP contribution in [0, 0.1) is 5.92 Å². The van der Waals surface area contributed by atoms with Crippen molar-refractivity contribution in [3.63, 3.8) is 0 Å². The molecule has 0 radical (unpaired) electrons. The molecule has 0 unspecified atom stereocenters. The van der Waals surface area contributed by atoms with Crippen LogP contribution < -0.4 is 4.90 Å². The van der Waals surface area contributed by atoms with E-state index < -0.39 is 0 Å². The van der Waals surface area contributed by atoms with Gasteiger partial charge in [0.25, 0.3) is 0 Å². The minimum atomic E-state index is 0.218. The number of hydrogen-bond acceptors (Lipinski definition) is 5. The summed E-state index contributed by atoms with van der Waals surface area (Å²) in [6.45, 7) is 3.21. The van der Waals surface area contributed by atoms with E-state index in [-0.39, 0.29) is 6.04 Å². The Balaban J connectivity index is 1.44. The second-order valence-corrected chi connectivity index (χ2v) is 7.14. The number of morpholine rings is 1. The monoisotopic (exact) mass is 314 g/mol. The van der Waals surface area contributed by atoms with E-state index in [9.17, 15) is 4.79 Å². The molecule has 5 rings (SSSR count). The Morgan fingerprint density at radius 3 is 2.78 bits per heavy atom. The van der Waals surface area contributed by atoms with Crippen molar-refractivity contribution in [2.75, 3.05) is 31.2 Å². The van der Waals surface area contributed by atoms with Crippen molar-refractivity contribution >= 4 is 11.9 Å². The van der Waals surface area contributed by atoms with E-state index in [1.165, 1.54) is 5.56 Å². The van der Waals surface area contributed by atoms with Gasteiger partial charge in [0, 0.05) is 43.2 Å². The smallest absolute Gasteiger partial charge is 0.226 e. The lowest BCUT2D eigenvalue weighted by atomic mass is 9.98. The number of carbonyl (C=O) groups is 1. The normalized spacial score (nSPS) is 29.6. The van der Waals surface area contributed by atoms with E-state index in [4.69, 9.17) is 9.72 Å². The Bertz CT molecular complexity index is 639. The fourth-order valence-electron chi connectivity index (χ4n) is 4.26. The summed E-state index contributed by atoms with van der Waals surface area (Å²) >= 11 is 0. The summed E-state index contributed by atoms with van der Waals surface area (Å²) in [5.74, 6) is 1.50. The van der Waals surface area contributed by atoms with Crippen molar-refractivity contribution in [2.24, 2.45) is 5.92 Å². The molecule has 6 nitrogen and oxygen atoms in total. The predicted molar refractivity (Wildman–Crippen MR) is 84.1 cm³/mol. The van der Waals surface area contributed by atoms with Gasteiger partial charge in [-0.1, -0.05) is 0 Å². The quantitative estimate of drug-likeness (QED) is 0.824. The molecule has 1 aromatic heterocycles. The average Bonchev–Trinajstić information content (AvgIpc) is 3.39. The number of amides is 1. The molecule has 122 valence electrons. The zero-order valence-corrected chi connectivity index (χ0v) is 13.3. The average molecular weight is 314 g/mol. The van der Waals surface area contributed by atoms with Gasteiger partial charge < -0.3 is 14.5 Å². The first-order valence-electron chi connectivity index (χ1n) is 8.82. The predicted octanol–water partition coefficient (Wildman–Crippen LogP) is 1.31. The summed E-state index contributed by atoms with van der Waals surface area (Å²) in [4.78, 5) is 26.4. The fourth-order valence-corrected chi connectivity index (χ4v) is 4.26. The molecule has 1 saturated carbocycles. The van der Waals surface area contributed by atoms with Gasteiger partial charge in [-0.3, -0.25) is 4.79 Å². The summed E-state index contributed by atoms with van der Waals surface area (Å²) in [5.41, 5.74) is 2.35. The Hall–Kier alpha value is -1.69. The number of carbonyl (C=O) groups excluding carboxylic acids is 1. The van der Waals surface area contributed by atoms with Crippen LogP contribution in [0.15, 0.2) is 6.20 Å². The Labute approximate surface area is 135 Å². The zero-order valence-electron chi connectivity index (χ0n) is 13.3. The second-order valence-electron chi connectivity index (χ2n) is 7.14. The van der Waals surface area contributed by atoms with Gasteiger partial charge in [-0.2, -0.15) is 0 Å². The van der Waals surface area contributed by atoms with Crippen molar-refractivity contribution in [1.82, 2.24) is 14.9 Å². The van der Waals surface area contributed by atoms with Gasteiger partial charge in [-0.25, -0.2) is 9.97 Å². The van der Waals surface area contributed by atoms with Crippen LogP contribution >= 0.6 is 0 Å². The summed E-state index contributed by atoms with van der Waals surface area (Å²) in [7, 11) is 0. The number of nitrogens with zero attached hydrogens (tertiary/aromatic N) is 4. The molecule has 4 aliphatic rings. The van der Waals surface area contributed by atoms with Gasteiger partial charge in [0.1, 0.15) is 0 Å². The molecular formula is C17H22N4O2. The van der Waals surface area contributed by atoms with Crippen LogP contribution in [-0.4, -0.2) is 53.1 Å². The molecule has 0 aromatic carbocycles. The molecule has 4 heterocycles. The molecule has 2 atom stereocenters. The second kappa shape index (κ2) is 5.16. The number of fused-ring (bicyclic) bond motifs is 4. The first-order chi connectivity index (χ1) is 11.3. The molecular weight excluding hydrogens is 292 g/mol. The third kappa shape index (κ3) is 2.23. The van der Waals surface area contributed by atoms with Gasteiger partial charge in [0.2, 0.25) is 11.9 Å². The van der Waals surface area contributed by atoms with Crippen molar-refractivity contribution < 1.29 is 9.53 Å². The molecule has 2 bridgehead atoms. The molecule has 1 aromatic rings. The van der Waals surface area contributed by atoms with Gasteiger partial charge in [-0.05, 0) is 25.7 Å². The summed E-state index contributed by atoms with van der Waals surface area (Å²) < 4.78 is 5.41. The van der Waals surface area contributed by atoms with Crippen molar-refractivity contribution in [3.05, 3.63) is 17.5 Å². The largest absolute Gasteiger partial charge is 0.378 e. The van der Waals surface area contributed by atoms with Gasteiger partial charge in [0.05, 0.1) is 24.9 Å². The van der Waals surface area contributed by atoms with Gasteiger partial charge in [0.15, 0.2) is 0 Å². The van der Waals surface area contributed by atoms with Crippen molar-refractivity contribution in [2.45, 2.75) is 44.2 Å². The minimum Gasteiger partial charge on any atom is -0.378 e. The van der Waals surface area contributed by atoms with E-state index in [0.29, 0.717) is 17.9 Å². The molecule has 3 fully saturated rings. The van der Waals surface area contributed by atoms with Crippen LogP contribution in [-0.2, 0) is 16.0 Å². The maximum atomic E-state index is 12.6. The van der Waals surface area contributed by atoms with Crippen LogP contribution in [0.3, 0.4) is 0 Å². The minimum absolute atomic E-state index is 0.218. The lowest BCUT2D eigenvalue weighted by molar-refractivity contribution is -0.136. The lowest BCUT2D eigenvalue weighted by Gasteiger charge is -2.36. The van der Waals surface area contributed by atoms with Crippen LogP contribution in [0.25, 0.3) is 0 Å². The lowest BCUT2D eigenvalue weighted by Crippen LogP contribution is -2.43. The van der Waals surface area contributed by atoms with Gasteiger partial charge in [-0.15, -0.1) is 0 Å². The summed E-state index contributed by atoms with van der Waals surface area (Å²) in [6.07, 6.45) is 7.20. The first kappa shape index (κ1) is 13.7. The first-order valence-corrected chi connectivity index (χ1v) is 8.82. The van der Waals surface area contributed by atoms with Crippen molar-refractivity contribution in [1.29, 1.82) is 0 Å². The maximum Gasteiger partial charge on any atom is 0.226 e. The SMILES string of the molecule is O=C(C1CC1)N1[C@@H]2CC[C@H]1c1cnc(N3CCOCC3)nc1C2. The Morgan fingerprint density at radius 1 is 1.17 bits per heavy atom. The highest BCUT2D eigenvalue weighted by molar-refractivity contribution is 5.82. The third-order valence-electron chi connectivity index (χ3n) is 5.65. The van der Waals surface area contributed by atoms with E-state index in [0.717, 1.165) is 70.0 Å². The van der Waals surface area contributed by atoms with E-state index in [1.54, 1.807) is 0 Å². The Kier molecular flexibility index (Phi) is 3.08. The van der Waals surface area contributed by atoms with Gasteiger partial charge >= 0.3 is 0 Å². The number of aromatic nitrogens is 2. The highest BCUT2D eigenvalue weighted by Gasteiger charge is 2.47. The van der Waals surface area contributed by atoms with E-state index in [1.807, 2.05) is 6.20 Å². The van der Waals surface area contributed by atoms with E-state index in [2.05, 4.69) is 14.8 Å². The zero-order chi connectivity index (χ0) is 15.4.